The van der Waals surface area contributed by atoms with Crippen LogP contribution in [0.4, 0.5) is 17.1 Å². The quantitative estimate of drug-likeness (QED) is 0.736. The average molecular weight is 256 g/mol. The van der Waals surface area contributed by atoms with Gasteiger partial charge in [-0.3, -0.25) is 0 Å². The molecule has 19 heavy (non-hydrogen) atoms. The Morgan fingerprint density at radius 1 is 1.21 bits per heavy atom. The van der Waals surface area contributed by atoms with Gasteiger partial charge in [-0.2, -0.15) is 0 Å². The largest absolute Gasteiger partial charge is 0.478 e. The number of rotatable bonds is 3. The summed E-state index contributed by atoms with van der Waals surface area (Å²) in [4.78, 5) is 10.9. The molecule has 0 fully saturated rings. The van der Waals surface area contributed by atoms with Crippen molar-refractivity contribution in [3.8, 4) is 0 Å². The second-order valence-corrected chi connectivity index (χ2v) is 4.48. The van der Waals surface area contributed by atoms with Gasteiger partial charge in [0.2, 0.25) is 0 Å². The zero-order chi connectivity index (χ0) is 14.0. The molecule has 2 rings (SSSR count). The van der Waals surface area contributed by atoms with E-state index in [9.17, 15) is 4.79 Å². The van der Waals surface area contributed by atoms with Crippen LogP contribution in [0.2, 0.25) is 0 Å². The highest BCUT2D eigenvalue weighted by atomic mass is 16.4. The Bertz CT molecular complexity index is 636. The predicted octanol–water partition coefficient (Wildman–Crippen LogP) is 3.33. The van der Waals surface area contributed by atoms with Crippen LogP contribution in [0.5, 0.6) is 0 Å². The number of benzene rings is 2. The summed E-state index contributed by atoms with van der Waals surface area (Å²) in [5, 5.41) is 12.2. The van der Waals surface area contributed by atoms with E-state index in [2.05, 4.69) is 5.32 Å². The maximum absolute atomic E-state index is 10.9. The van der Waals surface area contributed by atoms with Gasteiger partial charge in [0.15, 0.2) is 0 Å². The molecule has 0 amide bonds. The van der Waals surface area contributed by atoms with Crippen LogP contribution < -0.4 is 11.1 Å². The van der Waals surface area contributed by atoms with Gasteiger partial charge in [-0.15, -0.1) is 0 Å². The van der Waals surface area contributed by atoms with Crippen molar-refractivity contribution in [3.05, 3.63) is 53.1 Å². The van der Waals surface area contributed by atoms with Crippen molar-refractivity contribution in [3.63, 3.8) is 0 Å². The van der Waals surface area contributed by atoms with Crippen molar-refractivity contribution in [1.82, 2.24) is 0 Å². The fraction of sp³-hybridized carbons (Fsp3) is 0.133. The Balaban J connectivity index is 2.32. The van der Waals surface area contributed by atoms with Crippen LogP contribution in [-0.4, -0.2) is 11.1 Å². The van der Waals surface area contributed by atoms with Crippen molar-refractivity contribution < 1.29 is 9.90 Å². The Hall–Kier alpha value is -2.49. The number of aryl methyl sites for hydroxylation is 1. The number of aromatic carboxylic acids is 1. The third-order valence-corrected chi connectivity index (χ3v) is 3.17. The molecule has 0 bridgehead atoms. The Morgan fingerprint density at radius 2 is 1.95 bits per heavy atom. The lowest BCUT2D eigenvalue weighted by Gasteiger charge is -2.12. The van der Waals surface area contributed by atoms with Crippen LogP contribution in [0.25, 0.3) is 0 Å². The number of carboxylic acid groups (broad SMARTS) is 1. The topological polar surface area (TPSA) is 75.3 Å². The van der Waals surface area contributed by atoms with Crippen LogP contribution in [0.1, 0.15) is 21.5 Å². The monoisotopic (exact) mass is 256 g/mol. The lowest BCUT2D eigenvalue weighted by molar-refractivity contribution is 0.0698. The molecule has 98 valence electrons. The summed E-state index contributed by atoms with van der Waals surface area (Å²) in [5.41, 5.74) is 10.2. The second-order valence-electron chi connectivity index (χ2n) is 4.48. The highest BCUT2D eigenvalue weighted by molar-refractivity contribution is 5.94. The number of carbonyl (C=O) groups is 1. The molecular weight excluding hydrogens is 240 g/mol. The van der Waals surface area contributed by atoms with Gasteiger partial charge in [0.1, 0.15) is 0 Å². The van der Waals surface area contributed by atoms with Gasteiger partial charge in [0.05, 0.1) is 5.56 Å². The fourth-order valence-corrected chi connectivity index (χ4v) is 1.88. The summed E-state index contributed by atoms with van der Waals surface area (Å²) in [6.07, 6.45) is 0. The summed E-state index contributed by atoms with van der Waals surface area (Å²) >= 11 is 0. The zero-order valence-electron chi connectivity index (χ0n) is 10.9. The molecule has 0 aromatic heterocycles. The molecule has 4 nitrogen and oxygen atoms in total. The van der Waals surface area contributed by atoms with E-state index in [1.165, 1.54) is 11.6 Å². The van der Waals surface area contributed by atoms with Crippen LogP contribution in [-0.2, 0) is 0 Å². The Morgan fingerprint density at radius 3 is 2.58 bits per heavy atom. The average Bonchev–Trinajstić information content (AvgIpc) is 2.34. The summed E-state index contributed by atoms with van der Waals surface area (Å²) in [5.74, 6) is -1.02. The number of carboxylic acids is 1. The molecule has 0 radical (unpaired) electrons. The van der Waals surface area contributed by atoms with Crippen LogP contribution in [0.15, 0.2) is 36.4 Å². The first-order valence-electron chi connectivity index (χ1n) is 5.95. The van der Waals surface area contributed by atoms with E-state index in [0.29, 0.717) is 0 Å². The van der Waals surface area contributed by atoms with Crippen molar-refractivity contribution in [1.29, 1.82) is 0 Å². The molecule has 4 heteroatoms. The van der Waals surface area contributed by atoms with Gasteiger partial charge in [0, 0.05) is 17.1 Å². The molecule has 0 atom stereocenters. The number of nitrogens with one attached hydrogen (secondary N) is 1. The Labute approximate surface area is 111 Å². The summed E-state index contributed by atoms with van der Waals surface area (Å²) < 4.78 is 0. The minimum atomic E-state index is -1.02. The highest BCUT2D eigenvalue weighted by Gasteiger charge is 2.08. The second kappa shape index (κ2) is 5.02. The normalized spacial score (nSPS) is 10.2. The fourth-order valence-electron chi connectivity index (χ4n) is 1.88. The molecule has 0 heterocycles. The van der Waals surface area contributed by atoms with E-state index in [1.54, 1.807) is 12.1 Å². The molecule has 0 aliphatic carbocycles. The molecule has 0 aliphatic rings. The van der Waals surface area contributed by atoms with E-state index in [0.717, 1.165) is 16.9 Å². The lowest BCUT2D eigenvalue weighted by Crippen LogP contribution is -2.03. The zero-order valence-corrected chi connectivity index (χ0v) is 10.9. The molecule has 0 saturated carbocycles. The predicted molar refractivity (Wildman–Crippen MR) is 77.0 cm³/mol. The number of nitrogen functional groups attached to an aromatic ring is 1. The van der Waals surface area contributed by atoms with E-state index >= 15 is 0 Å². The van der Waals surface area contributed by atoms with Gasteiger partial charge in [-0.05, 0) is 49.2 Å². The van der Waals surface area contributed by atoms with Gasteiger partial charge < -0.3 is 16.2 Å². The molecule has 0 saturated heterocycles. The maximum Gasteiger partial charge on any atom is 0.337 e. The maximum atomic E-state index is 10.9. The van der Waals surface area contributed by atoms with Crippen molar-refractivity contribution >= 4 is 23.0 Å². The molecule has 0 unspecified atom stereocenters. The van der Waals surface area contributed by atoms with Gasteiger partial charge in [-0.1, -0.05) is 12.1 Å². The van der Waals surface area contributed by atoms with Crippen LogP contribution in [0, 0.1) is 13.8 Å². The van der Waals surface area contributed by atoms with Gasteiger partial charge in [-0.25, -0.2) is 4.79 Å². The van der Waals surface area contributed by atoms with Crippen LogP contribution in [0.3, 0.4) is 0 Å². The van der Waals surface area contributed by atoms with Crippen molar-refractivity contribution in [2.45, 2.75) is 13.8 Å². The molecule has 2 aromatic carbocycles. The lowest BCUT2D eigenvalue weighted by atomic mass is 10.1. The minimum Gasteiger partial charge on any atom is -0.478 e. The SMILES string of the molecule is Cc1cccc(Nc2ccc(C(=O)O)c(N)c2)c1C. The van der Waals surface area contributed by atoms with E-state index in [1.807, 2.05) is 32.0 Å². The summed E-state index contributed by atoms with van der Waals surface area (Å²) in [6, 6.07) is 10.8. The summed E-state index contributed by atoms with van der Waals surface area (Å²) in [7, 11) is 0. The first-order chi connectivity index (χ1) is 8.99. The third kappa shape index (κ3) is 2.68. The number of hydrogen-bond donors (Lipinski definition) is 3. The number of hydrogen-bond acceptors (Lipinski definition) is 3. The minimum absolute atomic E-state index is 0.117. The van der Waals surface area contributed by atoms with E-state index in [4.69, 9.17) is 10.8 Å². The molecule has 0 aliphatic heterocycles. The molecule has 4 N–H and O–H groups in total. The summed E-state index contributed by atoms with van der Waals surface area (Å²) in [6.45, 7) is 4.08. The standard InChI is InChI=1S/C15H16N2O2/c1-9-4-3-5-14(10(9)2)17-11-6-7-12(15(18)19)13(16)8-11/h3-8,17H,16H2,1-2H3,(H,18,19). The smallest absolute Gasteiger partial charge is 0.337 e. The highest BCUT2D eigenvalue weighted by Crippen LogP contribution is 2.25. The first kappa shape index (κ1) is 13.0. The van der Waals surface area contributed by atoms with Crippen molar-refractivity contribution in [2.24, 2.45) is 0 Å². The molecule has 0 spiro atoms. The Kier molecular flexibility index (Phi) is 3.42. The van der Waals surface area contributed by atoms with Crippen molar-refractivity contribution in [2.75, 3.05) is 11.1 Å². The van der Waals surface area contributed by atoms with E-state index in [-0.39, 0.29) is 11.3 Å². The molecule has 2 aromatic rings. The molecular formula is C15H16N2O2. The number of nitrogens with two attached hydrogens (primary N) is 1. The van der Waals surface area contributed by atoms with Gasteiger partial charge in [0.25, 0.3) is 0 Å². The first-order valence-corrected chi connectivity index (χ1v) is 5.95. The number of anilines is 3. The third-order valence-electron chi connectivity index (χ3n) is 3.17. The van der Waals surface area contributed by atoms with Gasteiger partial charge >= 0.3 is 5.97 Å². The van der Waals surface area contributed by atoms with E-state index < -0.39 is 5.97 Å². The van der Waals surface area contributed by atoms with Crippen LogP contribution >= 0.6 is 0 Å².